The molecule has 0 radical (unpaired) electrons. The van der Waals surface area contributed by atoms with E-state index in [4.69, 9.17) is 9.47 Å². The van der Waals surface area contributed by atoms with Crippen molar-refractivity contribution in [1.29, 1.82) is 0 Å². The van der Waals surface area contributed by atoms with E-state index < -0.39 is 51.1 Å². The van der Waals surface area contributed by atoms with E-state index in [0.29, 0.717) is 12.1 Å². The Morgan fingerprint density at radius 3 is 1.85 bits per heavy atom. The molecule has 1 unspecified atom stereocenters. The van der Waals surface area contributed by atoms with Gasteiger partial charge in [0, 0.05) is 11.8 Å². The fraction of sp³-hybridized carbons (Fsp3) is 0.316. The first-order valence-electron chi connectivity index (χ1n) is 8.93. The Morgan fingerprint density at radius 2 is 1.39 bits per heavy atom. The van der Waals surface area contributed by atoms with Crippen LogP contribution in [0.25, 0.3) is 0 Å². The largest absolute Gasteiger partial charge is 0.493 e. The predicted molar refractivity (Wildman–Crippen MR) is 104 cm³/mol. The minimum Gasteiger partial charge on any atom is -0.493 e. The number of anilines is 1. The predicted octanol–water partition coefficient (Wildman–Crippen LogP) is 4.05. The molecule has 0 saturated carbocycles. The fourth-order valence-corrected chi connectivity index (χ4v) is 3.83. The summed E-state index contributed by atoms with van der Waals surface area (Å²) in [6.45, 7) is 1.06. The summed E-state index contributed by atoms with van der Waals surface area (Å²) in [5, 5.41) is 1.87. The lowest BCUT2D eigenvalue weighted by Crippen LogP contribution is -2.41. The molecule has 0 aliphatic rings. The van der Waals surface area contributed by atoms with E-state index >= 15 is 0 Å². The van der Waals surface area contributed by atoms with Gasteiger partial charge >= 0.3 is 12.4 Å². The van der Waals surface area contributed by atoms with Crippen LogP contribution in [-0.2, 0) is 27.2 Å². The molecule has 2 rings (SSSR count). The SMILES string of the molecule is COc1ccc(S(=O)(=O)NC(C)C(=O)Nc2cc(C(F)(F)F)cc(C(F)(F)F)c2)cc1OC. The zero-order chi connectivity index (χ0) is 25.2. The average Bonchev–Trinajstić information content (AvgIpc) is 2.71. The molecule has 1 amide bonds. The van der Waals surface area contributed by atoms with Crippen LogP contribution in [0.1, 0.15) is 18.1 Å². The number of hydrogen-bond acceptors (Lipinski definition) is 5. The van der Waals surface area contributed by atoms with Gasteiger partial charge in [0.15, 0.2) is 11.5 Å². The smallest absolute Gasteiger partial charge is 0.416 e. The number of sulfonamides is 1. The summed E-state index contributed by atoms with van der Waals surface area (Å²) in [5.41, 5.74) is -4.07. The summed E-state index contributed by atoms with van der Waals surface area (Å²) in [6.07, 6.45) is -10.2. The number of carbonyl (C=O) groups is 1. The first-order chi connectivity index (χ1) is 15.1. The van der Waals surface area contributed by atoms with E-state index in [-0.39, 0.29) is 22.5 Å². The molecule has 2 aromatic carbocycles. The highest BCUT2D eigenvalue weighted by Gasteiger charge is 2.37. The van der Waals surface area contributed by atoms with Crippen molar-refractivity contribution in [2.24, 2.45) is 0 Å². The summed E-state index contributed by atoms with van der Waals surface area (Å²) in [4.78, 5) is 12.0. The highest BCUT2D eigenvalue weighted by molar-refractivity contribution is 7.89. The number of ether oxygens (including phenoxy) is 2. The van der Waals surface area contributed by atoms with Gasteiger partial charge in [-0.2, -0.15) is 31.1 Å². The maximum atomic E-state index is 13.0. The minimum absolute atomic E-state index is 0.0705. The molecule has 0 aliphatic heterocycles. The van der Waals surface area contributed by atoms with Crippen molar-refractivity contribution in [2.75, 3.05) is 19.5 Å². The van der Waals surface area contributed by atoms with E-state index in [1.807, 2.05) is 10.0 Å². The van der Waals surface area contributed by atoms with Crippen LogP contribution in [0.2, 0.25) is 0 Å². The van der Waals surface area contributed by atoms with Gasteiger partial charge in [0.2, 0.25) is 15.9 Å². The number of methoxy groups -OCH3 is 2. The van der Waals surface area contributed by atoms with Crippen molar-refractivity contribution in [3.05, 3.63) is 47.5 Å². The number of alkyl halides is 6. The second-order valence-electron chi connectivity index (χ2n) is 6.64. The normalized spacial score (nSPS) is 13.4. The van der Waals surface area contributed by atoms with Gasteiger partial charge in [-0.15, -0.1) is 0 Å². The standard InChI is InChI=1S/C19H18F6N2O5S/c1-10(27-33(29,30)14-4-5-15(31-2)16(9-14)32-3)17(28)26-13-7-11(18(20,21)22)6-12(8-13)19(23,24)25/h4-10,27H,1-3H3,(H,26,28). The Morgan fingerprint density at radius 1 is 0.879 bits per heavy atom. The Kier molecular flexibility index (Phi) is 7.53. The van der Waals surface area contributed by atoms with Gasteiger partial charge in [0.05, 0.1) is 36.3 Å². The zero-order valence-corrected chi connectivity index (χ0v) is 18.1. The van der Waals surface area contributed by atoms with Crippen LogP contribution in [0.15, 0.2) is 41.3 Å². The lowest BCUT2D eigenvalue weighted by Gasteiger charge is -2.17. The van der Waals surface area contributed by atoms with E-state index in [1.165, 1.54) is 20.3 Å². The van der Waals surface area contributed by atoms with E-state index in [9.17, 15) is 39.6 Å². The van der Waals surface area contributed by atoms with Crippen LogP contribution in [0.5, 0.6) is 11.5 Å². The Bertz CT molecular complexity index is 1100. The molecule has 0 bridgehead atoms. The van der Waals surface area contributed by atoms with Crippen LogP contribution >= 0.6 is 0 Å². The summed E-state index contributed by atoms with van der Waals surface area (Å²) in [7, 11) is -1.73. The van der Waals surface area contributed by atoms with Crippen molar-refractivity contribution < 1.29 is 49.0 Å². The number of halogens is 6. The van der Waals surface area contributed by atoms with E-state index in [1.54, 1.807) is 0 Å². The van der Waals surface area contributed by atoms with Gasteiger partial charge < -0.3 is 14.8 Å². The molecular formula is C19H18F6N2O5S. The molecule has 182 valence electrons. The number of nitrogens with one attached hydrogen (secondary N) is 2. The summed E-state index contributed by atoms with van der Waals surface area (Å²) in [6, 6.07) is 2.50. The van der Waals surface area contributed by atoms with Crippen molar-refractivity contribution in [3.8, 4) is 11.5 Å². The molecule has 0 aliphatic carbocycles. The maximum Gasteiger partial charge on any atom is 0.416 e. The fourth-order valence-electron chi connectivity index (χ4n) is 2.62. The molecular weight excluding hydrogens is 482 g/mol. The van der Waals surface area contributed by atoms with Crippen LogP contribution < -0.4 is 19.5 Å². The highest BCUT2D eigenvalue weighted by Crippen LogP contribution is 2.37. The van der Waals surface area contributed by atoms with Gasteiger partial charge in [-0.1, -0.05) is 0 Å². The van der Waals surface area contributed by atoms with Gasteiger partial charge in [0.1, 0.15) is 0 Å². The number of amides is 1. The summed E-state index contributed by atoms with van der Waals surface area (Å²) in [5.74, 6) is -0.889. The molecule has 2 aromatic rings. The number of carbonyl (C=O) groups excluding carboxylic acids is 1. The Hall–Kier alpha value is -3.00. The topological polar surface area (TPSA) is 93.7 Å². The highest BCUT2D eigenvalue weighted by atomic mass is 32.2. The molecule has 1 atom stereocenters. The first kappa shape index (κ1) is 26.3. The van der Waals surface area contributed by atoms with Crippen molar-refractivity contribution >= 4 is 21.6 Å². The van der Waals surface area contributed by atoms with E-state index in [2.05, 4.69) is 0 Å². The maximum absolute atomic E-state index is 13.0. The first-order valence-corrected chi connectivity index (χ1v) is 10.4. The van der Waals surface area contributed by atoms with Crippen LogP contribution in [0, 0.1) is 0 Å². The summed E-state index contributed by atoms with van der Waals surface area (Å²) < 4.78 is 115. The van der Waals surface area contributed by atoms with Crippen LogP contribution in [0.4, 0.5) is 32.0 Å². The number of hydrogen-bond donors (Lipinski definition) is 2. The third-order valence-electron chi connectivity index (χ3n) is 4.25. The van der Waals surface area contributed by atoms with Gasteiger partial charge in [-0.3, -0.25) is 4.79 Å². The monoisotopic (exact) mass is 500 g/mol. The molecule has 0 heterocycles. The van der Waals surface area contributed by atoms with Crippen LogP contribution in [0.3, 0.4) is 0 Å². The molecule has 7 nitrogen and oxygen atoms in total. The molecule has 0 aromatic heterocycles. The number of rotatable bonds is 7. The number of benzene rings is 2. The molecule has 0 spiro atoms. The Labute approximate surface area is 184 Å². The van der Waals surface area contributed by atoms with Crippen molar-refractivity contribution in [1.82, 2.24) is 4.72 Å². The third-order valence-corrected chi connectivity index (χ3v) is 5.78. The quantitative estimate of drug-likeness (QED) is 0.560. The van der Waals surface area contributed by atoms with Crippen molar-refractivity contribution in [2.45, 2.75) is 30.2 Å². The molecule has 0 fully saturated rings. The lowest BCUT2D eigenvalue weighted by molar-refractivity contribution is -0.143. The minimum atomic E-state index is -5.11. The lowest BCUT2D eigenvalue weighted by atomic mass is 10.1. The zero-order valence-electron chi connectivity index (χ0n) is 17.3. The molecule has 2 N–H and O–H groups in total. The van der Waals surface area contributed by atoms with E-state index in [0.717, 1.165) is 19.1 Å². The molecule has 0 saturated heterocycles. The average molecular weight is 500 g/mol. The molecule has 14 heteroatoms. The van der Waals surface area contributed by atoms with Gasteiger partial charge in [0.25, 0.3) is 0 Å². The van der Waals surface area contributed by atoms with Gasteiger partial charge in [-0.05, 0) is 37.3 Å². The third kappa shape index (κ3) is 6.51. The molecule has 33 heavy (non-hydrogen) atoms. The van der Waals surface area contributed by atoms with Crippen molar-refractivity contribution in [3.63, 3.8) is 0 Å². The van der Waals surface area contributed by atoms with Gasteiger partial charge in [-0.25, -0.2) is 8.42 Å². The summed E-state index contributed by atoms with van der Waals surface area (Å²) >= 11 is 0. The second kappa shape index (κ2) is 9.47. The second-order valence-corrected chi connectivity index (χ2v) is 8.36. The Balaban J connectivity index is 2.27. The van der Waals surface area contributed by atoms with Crippen LogP contribution in [-0.4, -0.2) is 34.6 Å².